The summed E-state index contributed by atoms with van der Waals surface area (Å²) >= 11 is 0. The van der Waals surface area contributed by atoms with Gasteiger partial charge in [-0.3, -0.25) is 4.55 Å². The Morgan fingerprint density at radius 2 is 1.82 bits per heavy atom. The number of aldehydes is 1. The molecule has 0 aliphatic rings. The Kier molecular flexibility index (Phi) is 14.5. The van der Waals surface area contributed by atoms with Gasteiger partial charge in [-0.1, -0.05) is 0 Å². The summed E-state index contributed by atoms with van der Waals surface area (Å²) in [6.07, 6.45) is 0.750. The van der Waals surface area contributed by atoms with E-state index in [-0.39, 0.29) is 12.8 Å². The van der Waals surface area contributed by atoms with Crippen molar-refractivity contribution in [3.63, 3.8) is 0 Å². The summed E-state index contributed by atoms with van der Waals surface area (Å²) < 4.78 is 30.7. The van der Waals surface area contributed by atoms with Crippen molar-refractivity contribution in [2.45, 2.75) is 13.8 Å². The zero-order chi connectivity index (χ0) is 8.62. The zero-order valence-electron chi connectivity index (χ0n) is 6.48. The van der Waals surface area contributed by atoms with E-state index in [0.29, 0.717) is 0 Å². The molecule has 0 heterocycles. The number of hydrogen-bond donors (Lipinski definition) is 2. The number of carbonyl (C=O) groups excluding carboxylic acids is 1. The number of hydrogen-bond acceptors (Lipinski definition) is 5. The van der Waals surface area contributed by atoms with Crippen molar-refractivity contribution in [3.05, 3.63) is 0 Å². The second-order valence-electron chi connectivity index (χ2n) is 1.07. The third-order valence-corrected chi connectivity index (χ3v) is 0.800. The first kappa shape index (κ1) is 16.8. The van der Waals surface area contributed by atoms with Gasteiger partial charge in [0.1, 0.15) is 6.29 Å². The van der Waals surface area contributed by atoms with Gasteiger partial charge in [-0.2, -0.15) is 8.42 Å². The molecule has 0 bridgehead atoms. The highest BCUT2D eigenvalue weighted by Gasteiger charge is 1.98. The third kappa shape index (κ3) is 43.6. The lowest BCUT2D eigenvalue weighted by Gasteiger charge is -1.88. The van der Waals surface area contributed by atoms with Crippen LogP contribution in [0.15, 0.2) is 0 Å². The van der Waals surface area contributed by atoms with Crippen molar-refractivity contribution in [2.24, 2.45) is 0 Å². The van der Waals surface area contributed by atoms with E-state index in [0.717, 1.165) is 6.29 Å². The van der Waals surface area contributed by atoms with Crippen molar-refractivity contribution in [3.8, 4) is 0 Å². The molecule has 0 aromatic rings. The van der Waals surface area contributed by atoms with Crippen molar-refractivity contribution >= 4 is 16.7 Å². The van der Waals surface area contributed by atoms with Crippen LogP contribution in [-0.2, 0) is 19.4 Å². The van der Waals surface area contributed by atoms with Crippen LogP contribution < -0.4 is 6.15 Å². The van der Waals surface area contributed by atoms with Gasteiger partial charge in [0.05, 0.1) is 6.61 Å². The molecule has 7 heteroatoms. The van der Waals surface area contributed by atoms with Crippen molar-refractivity contribution in [1.82, 2.24) is 6.15 Å². The summed E-state index contributed by atoms with van der Waals surface area (Å²) in [6.45, 7) is 2.88. The molecule has 0 fully saturated rings. The van der Waals surface area contributed by atoms with Crippen LogP contribution in [0.25, 0.3) is 0 Å². The minimum Gasteiger partial charge on any atom is -0.344 e. The molecule has 0 aliphatic heterocycles. The molecule has 4 N–H and O–H groups in total. The van der Waals surface area contributed by atoms with E-state index in [1.165, 1.54) is 13.8 Å². The van der Waals surface area contributed by atoms with E-state index in [2.05, 4.69) is 4.18 Å². The smallest absolute Gasteiger partial charge is 0.344 e. The summed E-state index contributed by atoms with van der Waals surface area (Å²) in [4.78, 5) is 8.81. The lowest BCUT2D eigenvalue weighted by Crippen LogP contribution is -2.01. The Hall–Kier alpha value is -0.500. The first-order valence-corrected chi connectivity index (χ1v) is 3.86. The molecule has 0 amide bonds. The molecule has 11 heavy (non-hydrogen) atoms. The predicted octanol–water partition coefficient (Wildman–Crippen LogP) is 0.193. The molecule has 0 radical (unpaired) electrons. The van der Waals surface area contributed by atoms with Gasteiger partial charge in [-0.15, -0.1) is 0 Å². The maximum Gasteiger partial charge on any atom is 0.397 e. The van der Waals surface area contributed by atoms with Crippen molar-refractivity contribution < 1.29 is 21.9 Å². The largest absolute Gasteiger partial charge is 0.397 e. The first-order valence-electron chi connectivity index (χ1n) is 2.49. The lowest BCUT2D eigenvalue weighted by atomic mass is 10.9. The van der Waals surface area contributed by atoms with Gasteiger partial charge in [0.2, 0.25) is 0 Å². The summed E-state index contributed by atoms with van der Waals surface area (Å²) in [6, 6.07) is 0. The molecular weight excluding hydrogens is 174 g/mol. The van der Waals surface area contributed by atoms with E-state index in [1.54, 1.807) is 0 Å². The minimum atomic E-state index is -4.17. The highest BCUT2D eigenvalue weighted by atomic mass is 32.3. The lowest BCUT2D eigenvalue weighted by molar-refractivity contribution is -0.106. The molecule has 0 unspecified atom stereocenters. The summed E-state index contributed by atoms with van der Waals surface area (Å²) in [7, 11) is -4.17. The fourth-order valence-corrected chi connectivity index (χ4v) is 0.447. The topological polar surface area (TPSA) is 116 Å². The standard InChI is InChI=1S/C2H6O4S.C2H4O.H3N/c1-2-6-7(3,4)5;1-2-3;/h2H2,1H3,(H,3,4,5);2H,1H3;1H3. The Labute approximate surface area is 66.1 Å². The van der Waals surface area contributed by atoms with Crippen LogP contribution in [0.4, 0.5) is 0 Å². The van der Waals surface area contributed by atoms with Crippen molar-refractivity contribution in [1.29, 1.82) is 0 Å². The normalized spacial score (nSPS) is 8.64. The van der Waals surface area contributed by atoms with Crippen LogP contribution in [0, 0.1) is 0 Å². The average molecular weight is 187 g/mol. The molecule has 0 saturated heterocycles. The van der Waals surface area contributed by atoms with Gasteiger partial charge in [0.15, 0.2) is 0 Å². The molecule has 70 valence electrons. The fourth-order valence-electron chi connectivity index (χ4n) is 0.149. The molecule has 0 rings (SSSR count). The van der Waals surface area contributed by atoms with Crippen LogP contribution >= 0.6 is 0 Å². The van der Waals surface area contributed by atoms with Crippen LogP contribution in [0.1, 0.15) is 13.8 Å². The van der Waals surface area contributed by atoms with Crippen LogP contribution in [0.5, 0.6) is 0 Å². The van der Waals surface area contributed by atoms with E-state index in [9.17, 15) is 8.42 Å². The van der Waals surface area contributed by atoms with E-state index >= 15 is 0 Å². The predicted molar refractivity (Wildman–Crippen MR) is 39.9 cm³/mol. The molecule has 0 aromatic heterocycles. The first-order chi connectivity index (χ1) is 4.47. The Balaban J connectivity index is -0.000000140. The van der Waals surface area contributed by atoms with Gasteiger partial charge in [0.25, 0.3) is 0 Å². The Morgan fingerprint density at radius 1 is 1.55 bits per heavy atom. The quantitative estimate of drug-likeness (QED) is 0.471. The SMILES string of the molecule is CC=O.CCOS(=O)(=O)O.N. The van der Waals surface area contributed by atoms with E-state index in [4.69, 9.17) is 9.35 Å². The van der Waals surface area contributed by atoms with Gasteiger partial charge in [-0.05, 0) is 13.8 Å². The van der Waals surface area contributed by atoms with E-state index in [1.807, 2.05) is 0 Å². The molecule has 0 aromatic carbocycles. The summed E-state index contributed by atoms with van der Waals surface area (Å²) in [5.41, 5.74) is 0. The second kappa shape index (κ2) is 9.50. The Bertz CT molecular complexity index is 163. The third-order valence-electron chi connectivity index (χ3n) is 0.267. The molecule has 6 nitrogen and oxygen atoms in total. The van der Waals surface area contributed by atoms with Crippen LogP contribution in [0.3, 0.4) is 0 Å². The number of rotatable bonds is 2. The monoisotopic (exact) mass is 187 g/mol. The van der Waals surface area contributed by atoms with Crippen molar-refractivity contribution in [2.75, 3.05) is 6.61 Å². The van der Waals surface area contributed by atoms with Gasteiger partial charge in [0, 0.05) is 0 Å². The molecule has 0 aliphatic carbocycles. The van der Waals surface area contributed by atoms with Gasteiger partial charge < -0.3 is 10.9 Å². The maximum absolute atomic E-state index is 9.56. The molecular formula is C4H13NO5S. The number of carbonyl (C=O) groups is 1. The molecule has 0 spiro atoms. The van der Waals surface area contributed by atoms with Crippen LogP contribution in [0.2, 0.25) is 0 Å². The zero-order valence-corrected chi connectivity index (χ0v) is 7.30. The highest BCUT2D eigenvalue weighted by molar-refractivity contribution is 7.80. The average Bonchev–Trinajstić information content (AvgIpc) is 1.63. The highest BCUT2D eigenvalue weighted by Crippen LogP contribution is 1.81. The van der Waals surface area contributed by atoms with Crippen LogP contribution in [-0.4, -0.2) is 25.9 Å². The maximum atomic E-state index is 9.56. The molecule has 0 saturated carbocycles. The van der Waals surface area contributed by atoms with Gasteiger partial charge in [-0.25, -0.2) is 4.18 Å². The second-order valence-corrected chi connectivity index (χ2v) is 2.16. The summed E-state index contributed by atoms with van der Waals surface area (Å²) in [5, 5.41) is 0. The molecule has 0 atom stereocenters. The fraction of sp³-hybridized carbons (Fsp3) is 0.750. The van der Waals surface area contributed by atoms with Gasteiger partial charge >= 0.3 is 10.4 Å². The summed E-state index contributed by atoms with van der Waals surface area (Å²) in [5.74, 6) is 0. The Morgan fingerprint density at radius 3 is 1.82 bits per heavy atom. The van der Waals surface area contributed by atoms with E-state index < -0.39 is 10.4 Å². The minimum absolute atomic E-state index is 0.